The largest absolute Gasteiger partial charge is 0.484 e. The Hall–Kier alpha value is -3.60. The molecule has 3 aromatic carbocycles. The van der Waals surface area contributed by atoms with Crippen molar-refractivity contribution in [2.75, 3.05) is 11.9 Å². The molecule has 140 valence electrons. The highest BCUT2D eigenvalue weighted by atomic mass is 16.5. The van der Waals surface area contributed by atoms with Gasteiger partial charge in [-0.05, 0) is 49.7 Å². The molecule has 5 heteroatoms. The molecule has 0 fully saturated rings. The lowest BCUT2D eigenvalue weighted by molar-refractivity contribution is -0.118. The number of amides is 1. The third-order valence-corrected chi connectivity index (χ3v) is 4.57. The van der Waals surface area contributed by atoms with Crippen LogP contribution in [0.3, 0.4) is 0 Å². The summed E-state index contributed by atoms with van der Waals surface area (Å²) in [6, 6.07) is 21.4. The first-order valence-corrected chi connectivity index (χ1v) is 9.13. The van der Waals surface area contributed by atoms with Crippen LogP contribution in [0.5, 0.6) is 5.75 Å². The molecule has 0 atom stereocenters. The Kier molecular flexibility index (Phi) is 4.81. The van der Waals surface area contributed by atoms with Gasteiger partial charge in [0.2, 0.25) is 0 Å². The third kappa shape index (κ3) is 3.88. The van der Waals surface area contributed by atoms with Crippen LogP contribution in [0.25, 0.3) is 22.4 Å². The molecule has 0 spiro atoms. The number of benzene rings is 3. The van der Waals surface area contributed by atoms with Crippen LogP contribution in [-0.2, 0) is 4.79 Å². The number of carbonyl (C=O) groups excluding carboxylic acids is 1. The van der Waals surface area contributed by atoms with Crippen molar-refractivity contribution in [3.8, 4) is 17.1 Å². The van der Waals surface area contributed by atoms with Gasteiger partial charge in [-0.25, -0.2) is 4.98 Å². The number of imidazole rings is 1. The van der Waals surface area contributed by atoms with Gasteiger partial charge >= 0.3 is 0 Å². The van der Waals surface area contributed by atoms with E-state index in [0.717, 1.165) is 39.2 Å². The molecule has 0 aliphatic rings. The first kappa shape index (κ1) is 17.8. The third-order valence-electron chi connectivity index (χ3n) is 4.57. The first-order valence-electron chi connectivity index (χ1n) is 9.13. The van der Waals surface area contributed by atoms with E-state index in [4.69, 9.17) is 4.74 Å². The second-order valence-corrected chi connectivity index (χ2v) is 6.78. The van der Waals surface area contributed by atoms with Crippen LogP contribution in [0.2, 0.25) is 0 Å². The van der Waals surface area contributed by atoms with Crippen LogP contribution in [0.15, 0.2) is 66.7 Å². The van der Waals surface area contributed by atoms with E-state index in [1.54, 1.807) is 0 Å². The Bertz CT molecular complexity index is 1100. The van der Waals surface area contributed by atoms with E-state index >= 15 is 0 Å². The van der Waals surface area contributed by atoms with Crippen molar-refractivity contribution in [3.05, 3.63) is 77.9 Å². The fourth-order valence-corrected chi connectivity index (χ4v) is 2.96. The summed E-state index contributed by atoms with van der Waals surface area (Å²) in [5, 5.41) is 2.93. The lowest BCUT2D eigenvalue weighted by Gasteiger charge is -2.11. The zero-order chi connectivity index (χ0) is 19.5. The van der Waals surface area contributed by atoms with Gasteiger partial charge in [0.25, 0.3) is 5.91 Å². The highest BCUT2D eigenvalue weighted by Crippen LogP contribution is 2.25. The number of carbonyl (C=O) groups is 1. The SMILES string of the molecule is Cc1ccc(OCC(=O)Nc2cc(-c3nc4ccccc4[nH]3)ccc2C)cc1. The quantitative estimate of drug-likeness (QED) is 0.526. The standard InChI is InChI=1S/C23H21N3O2/c1-15-7-11-18(12-8-15)28-14-22(27)24-21-13-17(10-9-16(21)2)23-25-19-5-3-4-6-20(19)26-23/h3-13H,14H2,1-2H3,(H,24,27)(H,25,26). The number of hydrogen-bond donors (Lipinski definition) is 2. The summed E-state index contributed by atoms with van der Waals surface area (Å²) < 4.78 is 5.56. The molecular weight excluding hydrogens is 350 g/mol. The summed E-state index contributed by atoms with van der Waals surface area (Å²) in [5.41, 5.74) is 5.68. The second kappa shape index (κ2) is 7.56. The lowest BCUT2D eigenvalue weighted by atomic mass is 10.1. The van der Waals surface area contributed by atoms with E-state index in [-0.39, 0.29) is 12.5 Å². The highest BCUT2D eigenvalue weighted by Gasteiger charge is 2.10. The van der Waals surface area contributed by atoms with Crippen molar-refractivity contribution in [2.24, 2.45) is 0 Å². The number of aromatic nitrogens is 2. The summed E-state index contributed by atoms with van der Waals surface area (Å²) >= 11 is 0. The number of fused-ring (bicyclic) bond motifs is 1. The molecular formula is C23H21N3O2. The Morgan fingerprint density at radius 2 is 1.82 bits per heavy atom. The average Bonchev–Trinajstić information content (AvgIpc) is 3.13. The fourth-order valence-electron chi connectivity index (χ4n) is 2.96. The number of aromatic amines is 1. The van der Waals surface area contributed by atoms with Gasteiger partial charge < -0.3 is 15.0 Å². The fraction of sp³-hybridized carbons (Fsp3) is 0.130. The van der Waals surface area contributed by atoms with Gasteiger partial charge in [0.15, 0.2) is 6.61 Å². The van der Waals surface area contributed by atoms with E-state index < -0.39 is 0 Å². The molecule has 0 radical (unpaired) electrons. The molecule has 0 bridgehead atoms. The Morgan fingerprint density at radius 1 is 1.04 bits per heavy atom. The van der Waals surface area contributed by atoms with Crippen LogP contribution in [0, 0.1) is 13.8 Å². The van der Waals surface area contributed by atoms with Gasteiger partial charge in [-0.1, -0.05) is 42.0 Å². The monoisotopic (exact) mass is 371 g/mol. The normalized spacial score (nSPS) is 10.8. The maximum absolute atomic E-state index is 12.3. The minimum Gasteiger partial charge on any atom is -0.484 e. The summed E-state index contributed by atoms with van der Waals surface area (Å²) in [6.07, 6.45) is 0. The minimum atomic E-state index is -0.203. The minimum absolute atomic E-state index is 0.0443. The lowest BCUT2D eigenvalue weighted by Crippen LogP contribution is -2.20. The molecule has 0 unspecified atom stereocenters. The molecule has 2 N–H and O–H groups in total. The topological polar surface area (TPSA) is 67.0 Å². The zero-order valence-electron chi connectivity index (χ0n) is 15.8. The maximum Gasteiger partial charge on any atom is 0.262 e. The van der Waals surface area contributed by atoms with E-state index in [9.17, 15) is 4.79 Å². The second-order valence-electron chi connectivity index (χ2n) is 6.78. The average molecular weight is 371 g/mol. The number of para-hydroxylation sites is 2. The molecule has 4 aromatic rings. The molecule has 1 heterocycles. The number of rotatable bonds is 5. The van der Waals surface area contributed by atoms with Crippen molar-refractivity contribution in [1.29, 1.82) is 0 Å². The predicted octanol–water partition coefficient (Wildman–Crippen LogP) is 4.86. The number of hydrogen-bond acceptors (Lipinski definition) is 3. The molecule has 0 saturated carbocycles. The van der Waals surface area contributed by atoms with Crippen LogP contribution >= 0.6 is 0 Å². The van der Waals surface area contributed by atoms with E-state index in [2.05, 4.69) is 15.3 Å². The Balaban J connectivity index is 1.49. The van der Waals surface area contributed by atoms with Crippen LogP contribution in [0.1, 0.15) is 11.1 Å². The van der Waals surface area contributed by atoms with Crippen LogP contribution in [-0.4, -0.2) is 22.5 Å². The maximum atomic E-state index is 12.3. The van der Waals surface area contributed by atoms with Crippen molar-refractivity contribution >= 4 is 22.6 Å². The number of ether oxygens (including phenoxy) is 1. The molecule has 1 amide bonds. The van der Waals surface area contributed by atoms with E-state index in [1.165, 1.54) is 0 Å². The van der Waals surface area contributed by atoms with Gasteiger partial charge in [-0.15, -0.1) is 0 Å². The van der Waals surface area contributed by atoms with Crippen molar-refractivity contribution in [1.82, 2.24) is 9.97 Å². The van der Waals surface area contributed by atoms with Crippen molar-refractivity contribution in [2.45, 2.75) is 13.8 Å². The van der Waals surface area contributed by atoms with Crippen LogP contribution in [0.4, 0.5) is 5.69 Å². The molecule has 0 aliphatic heterocycles. The summed E-state index contributed by atoms with van der Waals surface area (Å²) in [6.45, 7) is 3.92. The van der Waals surface area contributed by atoms with Gasteiger partial charge in [-0.3, -0.25) is 4.79 Å². The Labute approximate surface area is 163 Å². The number of nitrogens with zero attached hydrogens (tertiary/aromatic N) is 1. The van der Waals surface area contributed by atoms with E-state index in [1.807, 2.05) is 80.6 Å². The van der Waals surface area contributed by atoms with Gasteiger partial charge in [0.1, 0.15) is 11.6 Å². The van der Waals surface area contributed by atoms with Gasteiger partial charge in [-0.2, -0.15) is 0 Å². The van der Waals surface area contributed by atoms with Gasteiger partial charge in [0.05, 0.1) is 11.0 Å². The molecule has 5 nitrogen and oxygen atoms in total. The number of anilines is 1. The van der Waals surface area contributed by atoms with E-state index in [0.29, 0.717) is 5.75 Å². The number of aryl methyl sites for hydroxylation is 2. The molecule has 0 saturated heterocycles. The number of H-pyrrole nitrogens is 1. The highest BCUT2D eigenvalue weighted by molar-refractivity contribution is 5.93. The van der Waals surface area contributed by atoms with Crippen molar-refractivity contribution < 1.29 is 9.53 Å². The molecule has 4 rings (SSSR count). The molecule has 28 heavy (non-hydrogen) atoms. The van der Waals surface area contributed by atoms with Crippen molar-refractivity contribution in [3.63, 3.8) is 0 Å². The zero-order valence-corrected chi connectivity index (χ0v) is 15.8. The summed E-state index contributed by atoms with van der Waals surface area (Å²) in [4.78, 5) is 20.3. The molecule has 1 aromatic heterocycles. The molecule has 0 aliphatic carbocycles. The summed E-state index contributed by atoms with van der Waals surface area (Å²) in [5.74, 6) is 1.24. The first-order chi connectivity index (χ1) is 13.6. The smallest absolute Gasteiger partial charge is 0.262 e. The Morgan fingerprint density at radius 3 is 2.61 bits per heavy atom. The summed E-state index contributed by atoms with van der Waals surface area (Å²) in [7, 11) is 0. The number of nitrogens with one attached hydrogen (secondary N) is 2. The predicted molar refractivity (Wildman–Crippen MR) is 112 cm³/mol. The van der Waals surface area contributed by atoms with Gasteiger partial charge in [0, 0.05) is 11.3 Å². The van der Waals surface area contributed by atoms with Crippen LogP contribution < -0.4 is 10.1 Å².